The molecule has 254 valence electrons. The van der Waals surface area contributed by atoms with Gasteiger partial charge in [-0.2, -0.15) is 0 Å². The minimum atomic E-state index is -0.160. The zero-order chi connectivity index (χ0) is 36.0. The van der Waals surface area contributed by atoms with Gasteiger partial charge in [-0.15, -0.1) is 0 Å². The molecule has 8 aromatic carbocycles. The Morgan fingerprint density at radius 2 is 1.02 bits per heavy atom. The van der Waals surface area contributed by atoms with E-state index in [0.29, 0.717) is 5.82 Å². The molecule has 0 N–H and O–H groups in total. The normalized spacial score (nSPS) is 13.1. The van der Waals surface area contributed by atoms with Crippen molar-refractivity contribution in [2.75, 3.05) is 0 Å². The number of nitrogens with zero attached hydrogens (tertiary/aromatic N) is 2. The van der Waals surface area contributed by atoms with Gasteiger partial charge >= 0.3 is 0 Å². The first-order valence-corrected chi connectivity index (χ1v) is 18.6. The summed E-state index contributed by atoms with van der Waals surface area (Å²) >= 11 is 0. The van der Waals surface area contributed by atoms with Gasteiger partial charge < -0.3 is 4.42 Å². The van der Waals surface area contributed by atoms with Crippen LogP contribution >= 0.6 is 0 Å². The highest BCUT2D eigenvalue weighted by Crippen LogP contribution is 2.53. The number of rotatable bonds is 4. The molecule has 0 aliphatic heterocycles. The van der Waals surface area contributed by atoms with E-state index in [2.05, 4.69) is 178 Å². The first-order chi connectivity index (χ1) is 26.5. The van der Waals surface area contributed by atoms with Crippen LogP contribution in [0.3, 0.4) is 0 Å². The number of fused-ring (bicyclic) bond motifs is 8. The lowest BCUT2D eigenvalue weighted by atomic mass is 9.81. The fourth-order valence-corrected chi connectivity index (χ4v) is 8.80. The first-order valence-electron chi connectivity index (χ1n) is 18.6. The van der Waals surface area contributed by atoms with Crippen LogP contribution in [0.5, 0.6) is 0 Å². The van der Waals surface area contributed by atoms with Crippen molar-refractivity contribution >= 4 is 43.5 Å². The van der Waals surface area contributed by atoms with Gasteiger partial charge in [0.15, 0.2) is 5.82 Å². The van der Waals surface area contributed by atoms with Crippen LogP contribution in [0.4, 0.5) is 0 Å². The van der Waals surface area contributed by atoms with E-state index in [1.54, 1.807) is 0 Å². The molecule has 0 bridgehead atoms. The van der Waals surface area contributed by atoms with E-state index < -0.39 is 0 Å². The van der Waals surface area contributed by atoms with E-state index >= 15 is 0 Å². The Hall–Kier alpha value is -6.84. The average Bonchev–Trinajstić information content (AvgIpc) is 3.70. The van der Waals surface area contributed by atoms with Gasteiger partial charge in [-0.1, -0.05) is 147 Å². The molecule has 3 nitrogen and oxygen atoms in total. The molecule has 0 spiro atoms. The molecule has 0 atom stereocenters. The molecule has 10 aromatic rings. The fraction of sp³-hybridized carbons (Fsp3) is 0.0588. The Kier molecular flexibility index (Phi) is 6.60. The SMILES string of the molecule is CC1(C)c2cc3ccccc3cc2-c2c(-c3cc(-c4ccccc4-c4cccc5oc6cc7ccccc7cc6c45)nc(-c4ccccc4)n3)cccc21. The van der Waals surface area contributed by atoms with Crippen molar-refractivity contribution in [2.45, 2.75) is 19.3 Å². The van der Waals surface area contributed by atoms with Crippen LogP contribution in [0, 0.1) is 0 Å². The van der Waals surface area contributed by atoms with Gasteiger partial charge in [0, 0.05) is 32.9 Å². The molecular formula is C51H34N2O. The van der Waals surface area contributed by atoms with Gasteiger partial charge in [0.1, 0.15) is 11.2 Å². The second kappa shape index (κ2) is 11.6. The van der Waals surface area contributed by atoms with Gasteiger partial charge in [0.05, 0.1) is 11.4 Å². The Labute approximate surface area is 313 Å². The summed E-state index contributed by atoms with van der Waals surface area (Å²) in [5.74, 6) is 0.699. The van der Waals surface area contributed by atoms with Crippen LogP contribution in [0.15, 0.2) is 174 Å². The lowest BCUT2D eigenvalue weighted by Gasteiger charge is -2.22. The first kappa shape index (κ1) is 30.8. The monoisotopic (exact) mass is 690 g/mol. The molecule has 0 unspecified atom stereocenters. The third kappa shape index (κ3) is 4.61. The quantitative estimate of drug-likeness (QED) is 0.184. The number of furan rings is 1. The zero-order valence-electron chi connectivity index (χ0n) is 30.0. The average molecular weight is 691 g/mol. The standard InChI is InChI=1S/C51H34N2O/c1-51(2)42-24-12-23-39(48(42)40-26-32-16-6-8-18-34(32)28-43(40)51)45-30-44(52-50(53-45)31-14-4-3-5-15-31)37-21-11-10-20-36(37)38-22-13-25-46-49(38)41-27-33-17-7-9-19-35(33)29-47(41)54-46/h3-30H,1-2H3. The topological polar surface area (TPSA) is 38.9 Å². The highest BCUT2D eigenvalue weighted by atomic mass is 16.3. The summed E-state index contributed by atoms with van der Waals surface area (Å²) in [6, 6.07) is 60.5. The summed E-state index contributed by atoms with van der Waals surface area (Å²) in [7, 11) is 0. The number of benzene rings is 8. The lowest BCUT2D eigenvalue weighted by Crippen LogP contribution is -2.14. The summed E-state index contributed by atoms with van der Waals surface area (Å²) in [5, 5.41) is 7.08. The van der Waals surface area contributed by atoms with Gasteiger partial charge in [-0.05, 0) is 91.3 Å². The molecule has 2 heterocycles. The smallest absolute Gasteiger partial charge is 0.160 e. The largest absolute Gasteiger partial charge is 0.456 e. The minimum Gasteiger partial charge on any atom is -0.456 e. The molecule has 11 rings (SSSR count). The van der Waals surface area contributed by atoms with Crippen molar-refractivity contribution in [1.29, 1.82) is 0 Å². The summed E-state index contributed by atoms with van der Waals surface area (Å²) in [4.78, 5) is 10.7. The van der Waals surface area contributed by atoms with Crippen LogP contribution in [-0.4, -0.2) is 9.97 Å². The van der Waals surface area contributed by atoms with Crippen LogP contribution in [0.25, 0.3) is 99.6 Å². The molecule has 2 aromatic heterocycles. The maximum Gasteiger partial charge on any atom is 0.160 e. The van der Waals surface area contributed by atoms with Crippen molar-refractivity contribution in [2.24, 2.45) is 0 Å². The molecule has 0 amide bonds. The van der Waals surface area contributed by atoms with Crippen molar-refractivity contribution in [1.82, 2.24) is 9.97 Å². The predicted octanol–water partition coefficient (Wildman–Crippen LogP) is 13.7. The molecule has 0 radical (unpaired) electrons. The van der Waals surface area contributed by atoms with E-state index in [1.807, 2.05) is 6.07 Å². The summed E-state index contributed by atoms with van der Waals surface area (Å²) < 4.78 is 6.51. The highest BCUT2D eigenvalue weighted by molar-refractivity contribution is 6.16. The van der Waals surface area contributed by atoms with Gasteiger partial charge in [-0.3, -0.25) is 0 Å². The summed E-state index contributed by atoms with van der Waals surface area (Å²) in [6.07, 6.45) is 0. The van der Waals surface area contributed by atoms with Gasteiger partial charge in [-0.25, -0.2) is 9.97 Å². The van der Waals surface area contributed by atoms with Crippen LogP contribution in [-0.2, 0) is 5.41 Å². The second-order valence-corrected chi connectivity index (χ2v) is 14.9. The van der Waals surface area contributed by atoms with E-state index in [-0.39, 0.29) is 5.41 Å². The van der Waals surface area contributed by atoms with Gasteiger partial charge in [0.2, 0.25) is 0 Å². The summed E-state index contributed by atoms with van der Waals surface area (Å²) in [6.45, 7) is 4.69. The lowest BCUT2D eigenvalue weighted by molar-refractivity contribution is 0.661. The van der Waals surface area contributed by atoms with Gasteiger partial charge in [0.25, 0.3) is 0 Å². The third-order valence-corrected chi connectivity index (χ3v) is 11.5. The Morgan fingerprint density at radius 1 is 0.426 bits per heavy atom. The van der Waals surface area contributed by atoms with E-state index in [4.69, 9.17) is 14.4 Å². The maximum atomic E-state index is 6.51. The highest BCUT2D eigenvalue weighted by Gasteiger charge is 2.37. The molecule has 0 saturated carbocycles. The third-order valence-electron chi connectivity index (χ3n) is 11.5. The molecule has 0 saturated heterocycles. The van der Waals surface area contributed by atoms with Crippen molar-refractivity contribution in [3.63, 3.8) is 0 Å². The number of hydrogen-bond donors (Lipinski definition) is 0. The van der Waals surface area contributed by atoms with E-state index in [0.717, 1.165) is 61.1 Å². The zero-order valence-corrected chi connectivity index (χ0v) is 30.0. The molecule has 54 heavy (non-hydrogen) atoms. The van der Waals surface area contributed by atoms with Crippen molar-refractivity contribution in [3.8, 4) is 56.2 Å². The second-order valence-electron chi connectivity index (χ2n) is 14.9. The molecule has 0 fully saturated rings. The van der Waals surface area contributed by atoms with Crippen molar-refractivity contribution in [3.05, 3.63) is 181 Å². The van der Waals surface area contributed by atoms with Crippen LogP contribution < -0.4 is 0 Å². The maximum absolute atomic E-state index is 6.51. The fourth-order valence-electron chi connectivity index (χ4n) is 8.80. The number of hydrogen-bond acceptors (Lipinski definition) is 3. The molecule has 3 heteroatoms. The molecule has 1 aliphatic carbocycles. The Morgan fingerprint density at radius 3 is 1.80 bits per heavy atom. The Bertz CT molecular complexity index is 3130. The van der Waals surface area contributed by atoms with Crippen molar-refractivity contribution < 1.29 is 4.42 Å². The van der Waals surface area contributed by atoms with E-state index in [9.17, 15) is 0 Å². The molecule has 1 aliphatic rings. The minimum absolute atomic E-state index is 0.160. The van der Waals surface area contributed by atoms with Crippen LogP contribution in [0.2, 0.25) is 0 Å². The molecular weight excluding hydrogens is 657 g/mol. The van der Waals surface area contributed by atoms with E-state index in [1.165, 1.54) is 43.8 Å². The Balaban J connectivity index is 1.16. The van der Waals surface area contributed by atoms with Crippen LogP contribution in [0.1, 0.15) is 25.0 Å². The predicted molar refractivity (Wildman–Crippen MR) is 224 cm³/mol. The summed E-state index contributed by atoms with van der Waals surface area (Å²) in [5.41, 5.74) is 13.9. The number of aromatic nitrogens is 2.